The molecule has 0 aliphatic carbocycles. The summed E-state index contributed by atoms with van der Waals surface area (Å²) in [4.78, 5) is 12.6. The number of methoxy groups -OCH3 is 2. The first-order valence-corrected chi connectivity index (χ1v) is 6.62. The van der Waals surface area contributed by atoms with Crippen molar-refractivity contribution in [3.63, 3.8) is 0 Å². The summed E-state index contributed by atoms with van der Waals surface area (Å²) in [7, 11) is 3.16. The molecule has 0 radical (unpaired) electrons. The minimum Gasteiger partial charge on any atom is -0.497 e. The highest BCUT2D eigenvalue weighted by Gasteiger charge is 2.08. The summed E-state index contributed by atoms with van der Waals surface area (Å²) < 4.78 is 10.3. The van der Waals surface area contributed by atoms with Gasteiger partial charge in [-0.05, 0) is 37.6 Å². The van der Waals surface area contributed by atoms with Gasteiger partial charge in [-0.15, -0.1) is 0 Å². The van der Waals surface area contributed by atoms with Crippen LogP contribution < -0.4 is 20.1 Å². The molecule has 0 spiro atoms. The van der Waals surface area contributed by atoms with Gasteiger partial charge in [0.2, 0.25) is 11.9 Å². The van der Waals surface area contributed by atoms with Gasteiger partial charge in [-0.25, -0.2) is 0 Å². The van der Waals surface area contributed by atoms with Crippen molar-refractivity contribution >= 4 is 17.6 Å². The van der Waals surface area contributed by atoms with Gasteiger partial charge in [0.25, 0.3) is 0 Å². The van der Waals surface area contributed by atoms with E-state index in [1.165, 1.54) is 7.11 Å². The van der Waals surface area contributed by atoms with Crippen LogP contribution in [-0.2, 0) is 0 Å². The fourth-order valence-corrected chi connectivity index (χ4v) is 1.76. The van der Waals surface area contributed by atoms with E-state index in [4.69, 9.17) is 9.47 Å². The van der Waals surface area contributed by atoms with Crippen LogP contribution in [-0.4, -0.2) is 35.7 Å². The Hall–Kier alpha value is -2.57. The number of aryl methyl sites for hydroxylation is 1. The Labute approximate surface area is 123 Å². The highest BCUT2D eigenvalue weighted by molar-refractivity contribution is 5.60. The maximum Gasteiger partial charge on any atom is 0.322 e. The molecule has 1 aromatic carbocycles. The standard InChI is InChI=1S/C14H19N5O2/c1-5-15-12-17-13(19-14(18-12)21-4)16-11-7-6-10(20-3)8-9(11)2/h6-8H,5H2,1-4H3,(H2,15,16,17,18,19). The van der Waals surface area contributed by atoms with Gasteiger partial charge in [-0.3, -0.25) is 0 Å². The zero-order valence-electron chi connectivity index (χ0n) is 12.6. The lowest BCUT2D eigenvalue weighted by molar-refractivity contribution is 0.379. The quantitative estimate of drug-likeness (QED) is 0.844. The van der Waals surface area contributed by atoms with E-state index in [0.717, 1.165) is 17.0 Å². The van der Waals surface area contributed by atoms with Crippen molar-refractivity contribution in [3.8, 4) is 11.8 Å². The van der Waals surface area contributed by atoms with E-state index in [9.17, 15) is 0 Å². The number of aromatic nitrogens is 3. The summed E-state index contributed by atoms with van der Waals surface area (Å²) in [5.74, 6) is 1.70. The lowest BCUT2D eigenvalue weighted by Gasteiger charge is -2.11. The molecule has 112 valence electrons. The number of nitrogens with one attached hydrogen (secondary N) is 2. The fraction of sp³-hybridized carbons (Fsp3) is 0.357. The van der Waals surface area contributed by atoms with Crippen molar-refractivity contribution in [1.82, 2.24) is 15.0 Å². The average molecular weight is 289 g/mol. The van der Waals surface area contributed by atoms with Crippen LogP contribution in [0, 0.1) is 6.92 Å². The van der Waals surface area contributed by atoms with Crippen LogP contribution in [0.3, 0.4) is 0 Å². The molecule has 2 aromatic rings. The molecule has 0 aliphatic heterocycles. The van der Waals surface area contributed by atoms with Crippen molar-refractivity contribution < 1.29 is 9.47 Å². The molecule has 2 rings (SSSR count). The molecule has 1 aromatic heterocycles. The molecule has 7 heteroatoms. The molecule has 0 saturated carbocycles. The van der Waals surface area contributed by atoms with Gasteiger partial charge in [0.15, 0.2) is 0 Å². The van der Waals surface area contributed by atoms with Crippen LogP contribution in [0.4, 0.5) is 17.6 Å². The molecule has 21 heavy (non-hydrogen) atoms. The Morgan fingerprint density at radius 3 is 2.43 bits per heavy atom. The summed E-state index contributed by atoms with van der Waals surface area (Å²) >= 11 is 0. The first kappa shape index (κ1) is 14.8. The normalized spacial score (nSPS) is 10.1. The molecule has 0 atom stereocenters. The number of nitrogens with zero attached hydrogens (tertiary/aromatic N) is 3. The first-order chi connectivity index (χ1) is 10.2. The second-order valence-corrected chi connectivity index (χ2v) is 4.31. The molecule has 1 heterocycles. The number of rotatable bonds is 6. The number of benzene rings is 1. The molecule has 0 saturated heterocycles. The smallest absolute Gasteiger partial charge is 0.322 e. The minimum absolute atomic E-state index is 0.259. The van der Waals surface area contributed by atoms with E-state index < -0.39 is 0 Å². The Bertz CT molecular complexity index is 618. The SMILES string of the molecule is CCNc1nc(Nc2ccc(OC)cc2C)nc(OC)n1. The zero-order chi connectivity index (χ0) is 15.2. The molecule has 0 fully saturated rings. The number of anilines is 3. The summed E-state index contributed by atoms with van der Waals surface area (Å²) in [6.07, 6.45) is 0. The van der Waals surface area contributed by atoms with Gasteiger partial charge in [0.1, 0.15) is 5.75 Å². The van der Waals surface area contributed by atoms with E-state index >= 15 is 0 Å². The molecule has 0 amide bonds. The van der Waals surface area contributed by atoms with E-state index in [-0.39, 0.29) is 6.01 Å². The molecule has 2 N–H and O–H groups in total. The lowest BCUT2D eigenvalue weighted by atomic mass is 10.2. The Morgan fingerprint density at radius 1 is 1.05 bits per heavy atom. The summed E-state index contributed by atoms with van der Waals surface area (Å²) in [6, 6.07) is 5.98. The van der Waals surface area contributed by atoms with E-state index in [1.807, 2.05) is 32.0 Å². The predicted molar refractivity (Wildman–Crippen MR) is 81.6 cm³/mol. The molecule has 0 bridgehead atoms. The van der Waals surface area contributed by atoms with Crippen LogP contribution in [0.1, 0.15) is 12.5 Å². The number of hydrogen-bond donors (Lipinski definition) is 2. The predicted octanol–water partition coefficient (Wildman–Crippen LogP) is 2.37. The highest BCUT2D eigenvalue weighted by atomic mass is 16.5. The topological polar surface area (TPSA) is 81.2 Å². The van der Waals surface area contributed by atoms with Crippen LogP contribution in [0.15, 0.2) is 18.2 Å². The number of ether oxygens (including phenoxy) is 2. The summed E-state index contributed by atoms with van der Waals surface area (Å²) in [5, 5.41) is 6.20. The third kappa shape index (κ3) is 3.71. The van der Waals surface area contributed by atoms with Gasteiger partial charge < -0.3 is 20.1 Å². The molecular formula is C14H19N5O2. The van der Waals surface area contributed by atoms with E-state index in [1.54, 1.807) is 7.11 Å². The van der Waals surface area contributed by atoms with Crippen molar-refractivity contribution in [2.24, 2.45) is 0 Å². The highest BCUT2D eigenvalue weighted by Crippen LogP contribution is 2.24. The molecular weight excluding hydrogens is 270 g/mol. The second kappa shape index (κ2) is 6.74. The fourth-order valence-electron chi connectivity index (χ4n) is 1.76. The van der Waals surface area contributed by atoms with Gasteiger partial charge in [0.05, 0.1) is 14.2 Å². The van der Waals surface area contributed by atoms with Gasteiger partial charge in [0, 0.05) is 12.2 Å². The second-order valence-electron chi connectivity index (χ2n) is 4.31. The van der Waals surface area contributed by atoms with Crippen LogP contribution in [0.25, 0.3) is 0 Å². The van der Waals surface area contributed by atoms with Crippen molar-refractivity contribution in [2.75, 3.05) is 31.4 Å². The summed E-state index contributed by atoms with van der Waals surface area (Å²) in [6.45, 7) is 4.67. The van der Waals surface area contributed by atoms with Crippen LogP contribution in [0.5, 0.6) is 11.8 Å². The molecule has 7 nitrogen and oxygen atoms in total. The van der Waals surface area contributed by atoms with E-state index in [0.29, 0.717) is 18.4 Å². The number of hydrogen-bond acceptors (Lipinski definition) is 7. The van der Waals surface area contributed by atoms with Gasteiger partial charge in [-0.1, -0.05) is 0 Å². The molecule has 0 aliphatic rings. The zero-order valence-corrected chi connectivity index (χ0v) is 12.6. The van der Waals surface area contributed by atoms with Crippen molar-refractivity contribution in [2.45, 2.75) is 13.8 Å². The van der Waals surface area contributed by atoms with Gasteiger partial charge >= 0.3 is 6.01 Å². The van der Waals surface area contributed by atoms with Crippen LogP contribution >= 0.6 is 0 Å². The third-order valence-corrected chi connectivity index (χ3v) is 2.81. The maximum absolute atomic E-state index is 5.19. The maximum atomic E-state index is 5.19. The minimum atomic E-state index is 0.259. The van der Waals surface area contributed by atoms with Crippen LogP contribution in [0.2, 0.25) is 0 Å². The monoisotopic (exact) mass is 289 g/mol. The Kier molecular flexibility index (Phi) is 4.76. The van der Waals surface area contributed by atoms with Crippen molar-refractivity contribution in [3.05, 3.63) is 23.8 Å². The summed E-state index contributed by atoms with van der Waals surface area (Å²) in [5.41, 5.74) is 1.92. The largest absolute Gasteiger partial charge is 0.497 e. The first-order valence-electron chi connectivity index (χ1n) is 6.62. The lowest BCUT2D eigenvalue weighted by Crippen LogP contribution is -2.08. The Morgan fingerprint density at radius 2 is 1.81 bits per heavy atom. The van der Waals surface area contributed by atoms with Gasteiger partial charge in [-0.2, -0.15) is 15.0 Å². The Balaban J connectivity index is 2.27. The van der Waals surface area contributed by atoms with E-state index in [2.05, 4.69) is 25.6 Å². The average Bonchev–Trinajstić information content (AvgIpc) is 2.49. The third-order valence-electron chi connectivity index (χ3n) is 2.81. The van der Waals surface area contributed by atoms with Crippen molar-refractivity contribution in [1.29, 1.82) is 0 Å². The molecule has 0 unspecified atom stereocenters.